The zero-order valence-corrected chi connectivity index (χ0v) is 15.7. The molecule has 1 aromatic heterocycles. The Morgan fingerprint density at radius 2 is 2.16 bits per heavy atom. The number of carbonyl (C=O) groups excluding carboxylic acids is 1. The van der Waals surface area contributed by atoms with E-state index in [2.05, 4.69) is 22.3 Å². The average Bonchev–Trinajstić information content (AvgIpc) is 3.03. The van der Waals surface area contributed by atoms with Gasteiger partial charge in [-0.1, -0.05) is 35.5 Å². The van der Waals surface area contributed by atoms with Crippen molar-refractivity contribution < 1.29 is 4.79 Å². The number of aromatic nitrogens is 3. The molecule has 0 atom stereocenters. The van der Waals surface area contributed by atoms with Crippen LogP contribution in [0, 0.1) is 18.3 Å². The molecule has 0 aliphatic carbocycles. The third-order valence-electron chi connectivity index (χ3n) is 3.86. The van der Waals surface area contributed by atoms with Crippen LogP contribution < -0.4 is 0 Å². The third kappa shape index (κ3) is 4.83. The van der Waals surface area contributed by atoms with E-state index in [0.29, 0.717) is 25.3 Å². The molecule has 2 aromatic rings. The molecular weight excluding hydrogens is 334 g/mol. The summed E-state index contributed by atoms with van der Waals surface area (Å²) < 4.78 is 2.03. The Balaban J connectivity index is 2.11. The summed E-state index contributed by atoms with van der Waals surface area (Å²) >= 11 is 1.39. The maximum absolute atomic E-state index is 12.3. The van der Waals surface area contributed by atoms with E-state index in [1.807, 2.05) is 43.5 Å². The van der Waals surface area contributed by atoms with Crippen LogP contribution in [-0.2, 0) is 11.3 Å². The lowest BCUT2D eigenvalue weighted by Gasteiger charge is -2.19. The van der Waals surface area contributed by atoms with Crippen LogP contribution in [0.5, 0.6) is 0 Å². The zero-order valence-electron chi connectivity index (χ0n) is 14.9. The van der Waals surface area contributed by atoms with Gasteiger partial charge in [0.15, 0.2) is 11.0 Å². The Labute approximate surface area is 152 Å². The van der Waals surface area contributed by atoms with Crippen LogP contribution in [-0.4, -0.2) is 44.4 Å². The Morgan fingerprint density at radius 1 is 1.36 bits per heavy atom. The molecule has 0 spiro atoms. The van der Waals surface area contributed by atoms with Gasteiger partial charge in [0, 0.05) is 25.2 Å². The summed E-state index contributed by atoms with van der Waals surface area (Å²) in [6.07, 6.45) is 0.354. The van der Waals surface area contributed by atoms with Gasteiger partial charge in [0.1, 0.15) is 0 Å². The number of hydrogen-bond donors (Lipinski definition) is 0. The number of rotatable bonds is 8. The lowest BCUT2D eigenvalue weighted by molar-refractivity contribution is -0.128. The molecule has 0 aliphatic rings. The van der Waals surface area contributed by atoms with Gasteiger partial charge in [0.25, 0.3) is 0 Å². The average molecular weight is 357 g/mol. The maximum Gasteiger partial charge on any atom is 0.233 e. The van der Waals surface area contributed by atoms with Crippen molar-refractivity contribution in [1.82, 2.24) is 19.7 Å². The Morgan fingerprint density at radius 3 is 2.80 bits per heavy atom. The minimum absolute atomic E-state index is 0.0190. The molecule has 0 bridgehead atoms. The largest absolute Gasteiger partial charge is 0.341 e. The molecule has 6 nitrogen and oxygen atoms in total. The molecule has 0 N–H and O–H groups in total. The first-order valence-electron chi connectivity index (χ1n) is 8.38. The number of aryl methyl sites for hydroxylation is 1. The summed E-state index contributed by atoms with van der Waals surface area (Å²) in [7, 11) is 0. The second-order valence-corrected chi connectivity index (χ2v) is 6.53. The molecule has 0 aliphatic heterocycles. The fourth-order valence-electron chi connectivity index (χ4n) is 2.54. The van der Waals surface area contributed by atoms with E-state index in [0.717, 1.165) is 23.1 Å². The minimum atomic E-state index is 0.0190. The van der Waals surface area contributed by atoms with Gasteiger partial charge in [-0.3, -0.25) is 4.79 Å². The summed E-state index contributed by atoms with van der Waals surface area (Å²) in [5.74, 6) is 1.13. The van der Waals surface area contributed by atoms with Gasteiger partial charge < -0.3 is 9.47 Å². The van der Waals surface area contributed by atoms with Crippen molar-refractivity contribution in [2.24, 2.45) is 0 Å². The summed E-state index contributed by atoms with van der Waals surface area (Å²) in [4.78, 5) is 14.0. The van der Waals surface area contributed by atoms with Crippen molar-refractivity contribution in [2.45, 2.75) is 38.9 Å². The maximum atomic E-state index is 12.3. The number of carbonyl (C=O) groups is 1. The molecule has 132 valence electrons. The minimum Gasteiger partial charge on any atom is -0.341 e. The predicted molar refractivity (Wildman–Crippen MR) is 99.1 cm³/mol. The highest BCUT2D eigenvalue weighted by atomic mass is 32.2. The van der Waals surface area contributed by atoms with Crippen molar-refractivity contribution in [2.75, 3.05) is 18.8 Å². The predicted octanol–water partition coefficient (Wildman–Crippen LogP) is 3.13. The smallest absolute Gasteiger partial charge is 0.233 e. The van der Waals surface area contributed by atoms with Crippen LogP contribution >= 0.6 is 11.8 Å². The molecule has 0 radical (unpaired) electrons. The van der Waals surface area contributed by atoms with Gasteiger partial charge in [0.05, 0.1) is 18.2 Å². The highest BCUT2D eigenvalue weighted by Crippen LogP contribution is 2.24. The first-order valence-corrected chi connectivity index (χ1v) is 9.37. The molecule has 1 aromatic carbocycles. The Bertz CT molecular complexity index is 765. The second kappa shape index (κ2) is 9.23. The molecule has 7 heteroatoms. The first-order chi connectivity index (χ1) is 12.1. The van der Waals surface area contributed by atoms with Crippen molar-refractivity contribution in [1.29, 1.82) is 5.26 Å². The van der Waals surface area contributed by atoms with E-state index in [4.69, 9.17) is 5.26 Å². The number of nitrogens with zero attached hydrogens (tertiary/aromatic N) is 5. The van der Waals surface area contributed by atoms with Gasteiger partial charge in [-0.15, -0.1) is 10.2 Å². The molecule has 2 rings (SSSR count). The molecule has 0 saturated carbocycles. The molecule has 1 amide bonds. The molecular formula is C18H23N5OS. The topological polar surface area (TPSA) is 74.8 Å². The number of hydrogen-bond acceptors (Lipinski definition) is 5. The monoisotopic (exact) mass is 357 g/mol. The van der Waals surface area contributed by atoms with Crippen LogP contribution in [0.3, 0.4) is 0 Å². The van der Waals surface area contributed by atoms with E-state index in [1.54, 1.807) is 4.90 Å². The van der Waals surface area contributed by atoms with Gasteiger partial charge >= 0.3 is 0 Å². The lowest BCUT2D eigenvalue weighted by Crippen LogP contribution is -2.33. The van der Waals surface area contributed by atoms with E-state index in [1.165, 1.54) is 17.3 Å². The van der Waals surface area contributed by atoms with Crippen molar-refractivity contribution >= 4 is 17.7 Å². The first kappa shape index (κ1) is 19.0. The highest BCUT2D eigenvalue weighted by Gasteiger charge is 2.17. The zero-order chi connectivity index (χ0) is 18.2. The number of thioether (sulfide) groups is 1. The number of nitriles is 1. The van der Waals surface area contributed by atoms with Crippen molar-refractivity contribution in [3.63, 3.8) is 0 Å². The summed E-state index contributed by atoms with van der Waals surface area (Å²) in [5.41, 5.74) is 2.19. The fraction of sp³-hybridized carbons (Fsp3) is 0.444. The van der Waals surface area contributed by atoms with Crippen molar-refractivity contribution in [3.8, 4) is 17.5 Å². The highest BCUT2D eigenvalue weighted by molar-refractivity contribution is 7.99. The van der Waals surface area contributed by atoms with E-state index in [9.17, 15) is 4.79 Å². The fourth-order valence-corrected chi connectivity index (χ4v) is 3.45. The van der Waals surface area contributed by atoms with Gasteiger partial charge in [-0.05, 0) is 26.8 Å². The Kier molecular flexibility index (Phi) is 7.02. The van der Waals surface area contributed by atoms with E-state index < -0.39 is 0 Å². The Hall–Kier alpha value is -2.33. The van der Waals surface area contributed by atoms with Crippen LogP contribution in [0.25, 0.3) is 11.4 Å². The molecule has 0 saturated heterocycles. The third-order valence-corrected chi connectivity index (χ3v) is 4.81. The standard InChI is InChI=1S/C18H23N5OS/c1-4-22(11-7-10-19)16(24)13-25-18-21-20-17(23(18)5-2)15-9-6-8-14(3)12-15/h6,8-9,12H,4-5,7,11,13H2,1-3H3. The van der Waals surface area contributed by atoms with Crippen LogP contribution in [0.2, 0.25) is 0 Å². The van der Waals surface area contributed by atoms with Gasteiger partial charge in [-0.2, -0.15) is 5.26 Å². The van der Waals surface area contributed by atoms with Gasteiger partial charge in [0.2, 0.25) is 5.91 Å². The number of amides is 1. The summed E-state index contributed by atoms with van der Waals surface area (Å²) in [6.45, 7) is 7.82. The molecule has 0 unspecified atom stereocenters. The van der Waals surface area contributed by atoms with E-state index >= 15 is 0 Å². The lowest BCUT2D eigenvalue weighted by atomic mass is 10.1. The van der Waals surface area contributed by atoms with Gasteiger partial charge in [-0.25, -0.2) is 0 Å². The normalized spacial score (nSPS) is 10.5. The summed E-state index contributed by atoms with van der Waals surface area (Å²) in [5, 5.41) is 18.0. The molecule has 1 heterocycles. The number of benzene rings is 1. The van der Waals surface area contributed by atoms with Crippen LogP contribution in [0.1, 0.15) is 25.8 Å². The van der Waals surface area contributed by atoms with Crippen LogP contribution in [0.15, 0.2) is 29.4 Å². The molecule has 0 fully saturated rings. The van der Waals surface area contributed by atoms with Crippen LogP contribution in [0.4, 0.5) is 0 Å². The SMILES string of the molecule is CCN(CCC#N)C(=O)CSc1nnc(-c2cccc(C)c2)n1CC. The van der Waals surface area contributed by atoms with E-state index in [-0.39, 0.29) is 5.91 Å². The summed E-state index contributed by atoms with van der Waals surface area (Å²) in [6, 6.07) is 10.2. The van der Waals surface area contributed by atoms with Crippen molar-refractivity contribution in [3.05, 3.63) is 29.8 Å². The molecule has 25 heavy (non-hydrogen) atoms. The second-order valence-electron chi connectivity index (χ2n) is 5.59. The quantitative estimate of drug-likeness (QED) is 0.679.